The fourth-order valence-corrected chi connectivity index (χ4v) is 2.79. The van der Waals surface area contributed by atoms with Gasteiger partial charge in [0.1, 0.15) is 0 Å². The Labute approximate surface area is 127 Å². The number of hydrogen-bond donors (Lipinski definition) is 2. The van der Waals surface area contributed by atoms with Crippen molar-refractivity contribution in [2.75, 3.05) is 33.2 Å². The predicted molar refractivity (Wildman–Crippen MR) is 82.3 cm³/mol. The summed E-state index contributed by atoms with van der Waals surface area (Å²) in [5.74, 6) is -0.391. The summed E-state index contributed by atoms with van der Waals surface area (Å²) in [6.45, 7) is 8.52. The number of hydrogen-bond acceptors (Lipinski definition) is 3. The van der Waals surface area contributed by atoms with Crippen LogP contribution in [-0.4, -0.2) is 65.7 Å². The topological polar surface area (TPSA) is 72.9 Å². The molecule has 1 heterocycles. The zero-order valence-electron chi connectivity index (χ0n) is 13.7. The van der Waals surface area contributed by atoms with Gasteiger partial charge in [-0.3, -0.25) is 4.79 Å². The highest BCUT2D eigenvalue weighted by Crippen LogP contribution is 2.21. The van der Waals surface area contributed by atoms with Gasteiger partial charge < -0.3 is 20.2 Å². The first-order valence-corrected chi connectivity index (χ1v) is 7.68. The number of carbonyl (C=O) groups is 2. The molecule has 0 aromatic carbocycles. The first-order valence-electron chi connectivity index (χ1n) is 7.68. The number of likely N-dealkylation sites (tertiary alicyclic amines) is 1. The summed E-state index contributed by atoms with van der Waals surface area (Å²) in [5.41, 5.74) is -0.373. The van der Waals surface area contributed by atoms with Crippen LogP contribution in [0.4, 0.5) is 4.79 Å². The maximum absolute atomic E-state index is 12.7. The largest absolute Gasteiger partial charge is 0.481 e. The first-order chi connectivity index (χ1) is 9.75. The average molecular weight is 299 g/mol. The molecule has 0 radical (unpaired) electrons. The van der Waals surface area contributed by atoms with Crippen molar-refractivity contribution in [3.8, 4) is 0 Å². The summed E-state index contributed by atoms with van der Waals surface area (Å²) in [7, 11) is 1.93. The quantitative estimate of drug-likeness (QED) is 0.809. The highest BCUT2D eigenvalue weighted by molar-refractivity contribution is 5.76. The van der Waals surface area contributed by atoms with Crippen LogP contribution in [0.2, 0.25) is 0 Å². The lowest BCUT2D eigenvalue weighted by atomic mass is 9.98. The molecule has 21 heavy (non-hydrogen) atoms. The minimum absolute atomic E-state index is 0.0171. The SMILES string of the molecule is CNCC1CCCN(C(=O)N(CCC(=O)O)C(C)(C)C)C1. The van der Waals surface area contributed by atoms with Gasteiger partial charge in [-0.1, -0.05) is 0 Å². The van der Waals surface area contributed by atoms with Gasteiger partial charge in [0.05, 0.1) is 6.42 Å². The molecule has 0 spiro atoms. The number of nitrogens with one attached hydrogen (secondary N) is 1. The number of carboxylic acid groups (broad SMARTS) is 1. The number of piperidine rings is 1. The monoisotopic (exact) mass is 299 g/mol. The van der Waals surface area contributed by atoms with Crippen molar-refractivity contribution < 1.29 is 14.7 Å². The average Bonchev–Trinajstić information content (AvgIpc) is 2.37. The summed E-state index contributed by atoms with van der Waals surface area (Å²) in [5, 5.41) is 12.0. The summed E-state index contributed by atoms with van der Waals surface area (Å²) < 4.78 is 0. The minimum atomic E-state index is -0.872. The maximum atomic E-state index is 12.7. The highest BCUT2D eigenvalue weighted by atomic mass is 16.4. The molecule has 2 N–H and O–H groups in total. The van der Waals surface area contributed by atoms with Crippen LogP contribution in [-0.2, 0) is 4.79 Å². The number of urea groups is 1. The summed E-state index contributed by atoms with van der Waals surface area (Å²) >= 11 is 0. The Hall–Kier alpha value is -1.30. The number of aliphatic carboxylic acids is 1. The van der Waals surface area contributed by atoms with Gasteiger partial charge in [0, 0.05) is 25.2 Å². The molecule has 6 nitrogen and oxygen atoms in total. The van der Waals surface area contributed by atoms with Crippen LogP contribution < -0.4 is 5.32 Å². The summed E-state index contributed by atoms with van der Waals surface area (Å²) in [4.78, 5) is 27.1. The lowest BCUT2D eigenvalue weighted by Crippen LogP contribution is -2.55. The molecule has 0 saturated carbocycles. The summed E-state index contributed by atoms with van der Waals surface area (Å²) in [6, 6.07) is -0.0375. The molecule has 0 aliphatic carbocycles. The van der Waals surface area contributed by atoms with Gasteiger partial charge in [-0.25, -0.2) is 4.79 Å². The van der Waals surface area contributed by atoms with Crippen molar-refractivity contribution in [3.63, 3.8) is 0 Å². The number of amides is 2. The zero-order valence-corrected chi connectivity index (χ0v) is 13.7. The van der Waals surface area contributed by atoms with E-state index >= 15 is 0 Å². The highest BCUT2D eigenvalue weighted by Gasteiger charge is 2.32. The van der Waals surface area contributed by atoms with Crippen molar-refractivity contribution >= 4 is 12.0 Å². The predicted octanol–water partition coefficient (Wildman–Crippen LogP) is 1.61. The van der Waals surface area contributed by atoms with E-state index in [-0.39, 0.29) is 24.5 Å². The standard InChI is InChI=1S/C15H29N3O3/c1-15(2,3)18(9-7-13(19)20)14(21)17-8-5-6-12(11-17)10-16-4/h12,16H,5-11H2,1-4H3,(H,19,20). The van der Waals surface area contributed by atoms with Crippen LogP contribution >= 0.6 is 0 Å². The molecule has 1 rings (SSSR count). The van der Waals surface area contributed by atoms with Crippen LogP contribution in [0, 0.1) is 5.92 Å². The second-order valence-corrected chi connectivity index (χ2v) is 6.76. The van der Waals surface area contributed by atoms with Crippen LogP contribution in [0.3, 0.4) is 0 Å². The lowest BCUT2D eigenvalue weighted by molar-refractivity contribution is -0.137. The molecule has 1 aliphatic heterocycles. The molecule has 0 aromatic heterocycles. The molecule has 1 unspecified atom stereocenters. The minimum Gasteiger partial charge on any atom is -0.481 e. The van der Waals surface area contributed by atoms with Crippen molar-refractivity contribution in [2.24, 2.45) is 5.92 Å². The fraction of sp³-hybridized carbons (Fsp3) is 0.867. The number of nitrogens with zero attached hydrogens (tertiary/aromatic N) is 2. The van der Waals surface area contributed by atoms with Gasteiger partial charge in [-0.05, 0) is 53.1 Å². The van der Waals surface area contributed by atoms with E-state index in [4.69, 9.17) is 5.11 Å². The van der Waals surface area contributed by atoms with E-state index in [9.17, 15) is 9.59 Å². The number of rotatable bonds is 5. The van der Waals surface area contributed by atoms with Crippen LogP contribution in [0.25, 0.3) is 0 Å². The molecular weight excluding hydrogens is 270 g/mol. The molecule has 1 saturated heterocycles. The smallest absolute Gasteiger partial charge is 0.320 e. The van der Waals surface area contributed by atoms with Crippen molar-refractivity contribution in [3.05, 3.63) is 0 Å². The molecule has 1 aliphatic rings. The van der Waals surface area contributed by atoms with Crippen LogP contribution in [0.15, 0.2) is 0 Å². The van der Waals surface area contributed by atoms with E-state index in [0.29, 0.717) is 5.92 Å². The Kier molecular flexibility index (Phi) is 6.45. The third-order valence-electron chi connectivity index (χ3n) is 3.87. The third-order valence-corrected chi connectivity index (χ3v) is 3.87. The van der Waals surface area contributed by atoms with E-state index in [1.807, 2.05) is 32.7 Å². The number of carboxylic acids is 1. The van der Waals surface area contributed by atoms with E-state index < -0.39 is 5.97 Å². The van der Waals surface area contributed by atoms with Crippen LogP contribution in [0.1, 0.15) is 40.0 Å². The molecule has 1 atom stereocenters. The molecule has 6 heteroatoms. The third kappa shape index (κ3) is 5.53. The first kappa shape index (κ1) is 17.8. The van der Waals surface area contributed by atoms with Gasteiger partial charge in [-0.2, -0.15) is 0 Å². The Morgan fingerprint density at radius 3 is 2.57 bits per heavy atom. The van der Waals surface area contributed by atoms with Gasteiger partial charge in [0.2, 0.25) is 0 Å². The summed E-state index contributed by atoms with van der Waals surface area (Å²) in [6.07, 6.45) is 2.13. The normalized spacial score (nSPS) is 19.4. The van der Waals surface area contributed by atoms with E-state index in [2.05, 4.69) is 5.32 Å². The van der Waals surface area contributed by atoms with E-state index in [1.165, 1.54) is 0 Å². The molecule has 0 aromatic rings. The van der Waals surface area contributed by atoms with Gasteiger partial charge in [0.25, 0.3) is 0 Å². The van der Waals surface area contributed by atoms with Crippen molar-refractivity contribution in [1.82, 2.24) is 15.1 Å². The second kappa shape index (κ2) is 7.64. The Morgan fingerprint density at radius 1 is 1.38 bits per heavy atom. The van der Waals surface area contributed by atoms with E-state index in [0.717, 1.165) is 32.5 Å². The second-order valence-electron chi connectivity index (χ2n) is 6.76. The van der Waals surface area contributed by atoms with Gasteiger partial charge >= 0.3 is 12.0 Å². The number of carbonyl (C=O) groups excluding carboxylic acids is 1. The Morgan fingerprint density at radius 2 is 2.05 bits per heavy atom. The van der Waals surface area contributed by atoms with Crippen molar-refractivity contribution in [1.29, 1.82) is 0 Å². The maximum Gasteiger partial charge on any atom is 0.320 e. The molecular formula is C15H29N3O3. The zero-order chi connectivity index (χ0) is 16.0. The molecule has 122 valence electrons. The lowest BCUT2D eigenvalue weighted by Gasteiger charge is -2.41. The fourth-order valence-electron chi connectivity index (χ4n) is 2.79. The molecule has 1 fully saturated rings. The molecule has 0 bridgehead atoms. The van der Waals surface area contributed by atoms with Crippen molar-refractivity contribution in [2.45, 2.75) is 45.6 Å². The van der Waals surface area contributed by atoms with E-state index in [1.54, 1.807) is 4.90 Å². The van der Waals surface area contributed by atoms with Gasteiger partial charge in [-0.15, -0.1) is 0 Å². The Balaban J connectivity index is 2.72. The van der Waals surface area contributed by atoms with Crippen LogP contribution in [0.5, 0.6) is 0 Å². The molecule has 2 amide bonds. The van der Waals surface area contributed by atoms with Gasteiger partial charge in [0.15, 0.2) is 0 Å². The Bertz CT molecular complexity index is 364.